The van der Waals surface area contributed by atoms with Gasteiger partial charge in [0.1, 0.15) is 0 Å². The fraction of sp³-hybridized carbons (Fsp3) is 0.583. The molecule has 3 N–H and O–H groups in total. The summed E-state index contributed by atoms with van der Waals surface area (Å²) in [5, 5.41) is -0.0904. The van der Waals surface area contributed by atoms with Gasteiger partial charge in [0.05, 0.1) is 5.69 Å². The summed E-state index contributed by atoms with van der Waals surface area (Å²) in [5.41, 5.74) is 5.79. The van der Waals surface area contributed by atoms with Crippen molar-refractivity contribution in [1.82, 2.24) is 9.71 Å². The Labute approximate surface area is 109 Å². The number of hydrogen-bond acceptors (Lipinski definition) is 4. The summed E-state index contributed by atoms with van der Waals surface area (Å²) < 4.78 is 26.7. The van der Waals surface area contributed by atoms with Crippen molar-refractivity contribution in [2.45, 2.75) is 50.6 Å². The van der Waals surface area contributed by atoms with Crippen LogP contribution in [-0.2, 0) is 10.0 Å². The van der Waals surface area contributed by atoms with Crippen LogP contribution in [0, 0.1) is 0 Å². The van der Waals surface area contributed by atoms with Crippen molar-refractivity contribution in [2.24, 2.45) is 0 Å². The Hall–Kier alpha value is -1.14. The fourth-order valence-electron chi connectivity index (χ4n) is 1.71. The maximum Gasteiger partial charge on any atom is 0.260 e. The molecule has 0 saturated carbocycles. The van der Waals surface area contributed by atoms with E-state index in [1.165, 1.54) is 12.3 Å². The summed E-state index contributed by atoms with van der Waals surface area (Å²) in [4.78, 5) is 3.82. The lowest BCUT2D eigenvalue weighted by Crippen LogP contribution is -2.33. The molecule has 0 aromatic carbocycles. The lowest BCUT2D eigenvalue weighted by Gasteiger charge is -2.14. The number of nitrogens with one attached hydrogen (secondary N) is 1. The molecular weight excluding hydrogens is 250 g/mol. The molecule has 0 bridgehead atoms. The van der Waals surface area contributed by atoms with Gasteiger partial charge in [-0.25, -0.2) is 18.1 Å². The van der Waals surface area contributed by atoms with Crippen LogP contribution in [-0.4, -0.2) is 19.4 Å². The van der Waals surface area contributed by atoms with E-state index in [0.717, 1.165) is 25.7 Å². The maximum absolute atomic E-state index is 12.0. The quantitative estimate of drug-likeness (QED) is 0.742. The van der Waals surface area contributed by atoms with E-state index in [1.54, 1.807) is 6.07 Å². The molecule has 0 aliphatic carbocycles. The van der Waals surface area contributed by atoms with Gasteiger partial charge in [-0.05, 0) is 25.5 Å². The number of sulfonamides is 1. The van der Waals surface area contributed by atoms with Crippen LogP contribution in [0.3, 0.4) is 0 Å². The molecule has 1 heterocycles. The molecule has 0 fully saturated rings. The normalized spacial score (nSPS) is 13.4. The molecule has 0 radical (unpaired) electrons. The topological polar surface area (TPSA) is 85.1 Å². The van der Waals surface area contributed by atoms with E-state index in [4.69, 9.17) is 5.73 Å². The van der Waals surface area contributed by atoms with Crippen molar-refractivity contribution in [3.8, 4) is 0 Å². The Morgan fingerprint density at radius 3 is 2.78 bits per heavy atom. The zero-order valence-electron chi connectivity index (χ0n) is 10.9. The number of nitrogen functional groups attached to an aromatic ring is 1. The Bertz CT molecular complexity index is 474. The van der Waals surface area contributed by atoms with Gasteiger partial charge in [0, 0.05) is 12.2 Å². The second-order valence-corrected chi connectivity index (χ2v) is 6.05. The van der Waals surface area contributed by atoms with Crippen molar-refractivity contribution in [3.05, 3.63) is 18.3 Å². The van der Waals surface area contributed by atoms with Gasteiger partial charge in [0.15, 0.2) is 5.03 Å². The Kier molecular flexibility index (Phi) is 5.55. The van der Waals surface area contributed by atoms with E-state index in [1.807, 2.05) is 6.92 Å². The minimum Gasteiger partial charge on any atom is -0.396 e. The zero-order chi connectivity index (χ0) is 13.6. The first-order valence-corrected chi connectivity index (χ1v) is 7.68. The number of nitrogens with zero attached hydrogens (tertiary/aromatic N) is 1. The first-order chi connectivity index (χ1) is 8.47. The van der Waals surface area contributed by atoms with E-state index in [9.17, 15) is 8.42 Å². The molecule has 0 aliphatic rings. The van der Waals surface area contributed by atoms with Gasteiger partial charge in [-0.3, -0.25) is 0 Å². The molecule has 1 aromatic heterocycles. The van der Waals surface area contributed by atoms with Crippen molar-refractivity contribution in [3.63, 3.8) is 0 Å². The molecule has 0 aliphatic heterocycles. The highest BCUT2D eigenvalue weighted by Crippen LogP contribution is 2.15. The van der Waals surface area contributed by atoms with E-state index >= 15 is 0 Å². The molecular formula is C12H21N3O2S. The molecule has 5 nitrogen and oxygen atoms in total. The number of anilines is 1. The van der Waals surface area contributed by atoms with Crippen molar-refractivity contribution >= 4 is 15.7 Å². The highest BCUT2D eigenvalue weighted by Gasteiger charge is 2.20. The van der Waals surface area contributed by atoms with E-state index in [0.29, 0.717) is 0 Å². The third-order valence-corrected chi connectivity index (χ3v) is 4.22. The maximum atomic E-state index is 12.0. The average Bonchev–Trinajstić information content (AvgIpc) is 2.29. The van der Waals surface area contributed by atoms with Gasteiger partial charge in [0.2, 0.25) is 0 Å². The summed E-state index contributed by atoms with van der Waals surface area (Å²) in [6, 6.07) is 3.03. The number of rotatable bonds is 7. The van der Waals surface area contributed by atoms with Crippen LogP contribution >= 0.6 is 0 Å². The van der Waals surface area contributed by atoms with Gasteiger partial charge in [-0.2, -0.15) is 0 Å². The third kappa shape index (κ3) is 4.27. The smallest absolute Gasteiger partial charge is 0.260 e. The molecule has 18 heavy (non-hydrogen) atoms. The van der Waals surface area contributed by atoms with E-state index < -0.39 is 10.0 Å². The van der Waals surface area contributed by atoms with E-state index in [2.05, 4.69) is 16.6 Å². The SMILES string of the molecule is CCCCCC(C)NS(=O)(=O)c1ncccc1N. The summed E-state index contributed by atoms with van der Waals surface area (Å²) in [7, 11) is -3.61. The lowest BCUT2D eigenvalue weighted by atomic mass is 10.1. The Morgan fingerprint density at radius 2 is 2.17 bits per heavy atom. The molecule has 1 rings (SSSR count). The fourth-order valence-corrected chi connectivity index (χ4v) is 3.05. The Morgan fingerprint density at radius 1 is 1.44 bits per heavy atom. The van der Waals surface area contributed by atoms with Gasteiger partial charge in [0.25, 0.3) is 10.0 Å². The monoisotopic (exact) mass is 271 g/mol. The van der Waals surface area contributed by atoms with Crippen LogP contribution < -0.4 is 10.5 Å². The Balaban J connectivity index is 2.68. The molecule has 0 spiro atoms. The molecule has 1 aromatic rings. The predicted octanol–water partition coefficient (Wildman–Crippen LogP) is 1.91. The van der Waals surface area contributed by atoms with Crippen LogP contribution in [0.15, 0.2) is 23.4 Å². The molecule has 1 atom stereocenters. The predicted molar refractivity (Wildman–Crippen MR) is 72.6 cm³/mol. The number of aromatic nitrogens is 1. The molecule has 6 heteroatoms. The van der Waals surface area contributed by atoms with Crippen LogP contribution in [0.5, 0.6) is 0 Å². The van der Waals surface area contributed by atoms with Gasteiger partial charge < -0.3 is 5.73 Å². The first-order valence-electron chi connectivity index (χ1n) is 6.20. The summed E-state index contributed by atoms with van der Waals surface area (Å²) in [6.07, 6.45) is 5.48. The van der Waals surface area contributed by atoms with Crippen LogP contribution in [0.1, 0.15) is 39.5 Å². The van der Waals surface area contributed by atoms with E-state index in [-0.39, 0.29) is 16.8 Å². The second-order valence-electron chi connectivity index (χ2n) is 4.42. The van der Waals surface area contributed by atoms with Gasteiger partial charge in [-0.1, -0.05) is 26.2 Å². The largest absolute Gasteiger partial charge is 0.396 e. The highest BCUT2D eigenvalue weighted by atomic mass is 32.2. The number of unbranched alkanes of at least 4 members (excludes halogenated alkanes) is 2. The van der Waals surface area contributed by atoms with Crippen LogP contribution in [0.4, 0.5) is 5.69 Å². The number of hydrogen-bond donors (Lipinski definition) is 2. The standard InChI is InChI=1S/C12H21N3O2S/c1-3-4-5-7-10(2)15-18(16,17)12-11(13)8-6-9-14-12/h6,8-10,15H,3-5,7,13H2,1-2H3. The summed E-state index contributed by atoms with van der Waals surface area (Å²) >= 11 is 0. The minimum absolute atomic E-state index is 0.0904. The second kappa shape index (κ2) is 6.70. The lowest BCUT2D eigenvalue weighted by molar-refractivity contribution is 0.525. The first kappa shape index (κ1) is 14.9. The van der Waals surface area contributed by atoms with Gasteiger partial charge >= 0.3 is 0 Å². The zero-order valence-corrected chi connectivity index (χ0v) is 11.7. The van der Waals surface area contributed by atoms with Crippen molar-refractivity contribution in [1.29, 1.82) is 0 Å². The van der Waals surface area contributed by atoms with Crippen molar-refractivity contribution < 1.29 is 8.42 Å². The van der Waals surface area contributed by atoms with Crippen LogP contribution in [0.2, 0.25) is 0 Å². The highest BCUT2D eigenvalue weighted by molar-refractivity contribution is 7.89. The minimum atomic E-state index is -3.61. The number of nitrogens with two attached hydrogens (primary N) is 1. The van der Waals surface area contributed by atoms with Gasteiger partial charge in [-0.15, -0.1) is 0 Å². The third-order valence-electron chi connectivity index (χ3n) is 2.65. The average molecular weight is 271 g/mol. The van der Waals surface area contributed by atoms with Crippen molar-refractivity contribution in [2.75, 3.05) is 5.73 Å². The van der Waals surface area contributed by atoms with Crippen LogP contribution in [0.25, 0.3) is 0 Å². The summed E-state index contributed by atoms with van der Waals surface area (Å²) in [6.45, 7) is 3.97. The molecule has 102 valence electrons. The molecule has 0 saturated heterocycles. The summed E-state index contributed by atoms with van der Waals surface area (Å²) in [5.74, 6) is 0. The number of pyridine rings is 1. The molecule has 1 unspecified atom stereocenters. The molecule has 0 amide bonds.